The summed E-state index contributed by atoms with van der Waals surface area (Å²) in [6.07, 6.45) is 3.35. The number of hydrogen-bond acceptors (Lipinski definition) is 7. The first-order valence-electron chi connectivity index (χ1n) is 9.66. The Labute approximate surface area is 178 Å². The smallest absolute Gasteiger partial charge is 0.243 e. The van der Waals surface area contributed by atoms with Crippen LogP contribution in [0.15, 0.2) is 41.7 Å². The maximum Gasteiger partial charge on any atom is 0.243 e. The van der Waals surface area contributed by atoms with Crippen molar-refractivity contribution in [2.75, 3.05) is 50.0 Å². The third-order valence-electron chi connectivity index (χ3n) is 5.15. The number of H-pyrrole nitrogens is 1. The van der Waals surface area contributed by atoms with Gasteiger partial charge in [0, 0.05) is 38.1 Å². The number of rotatable bonds is 6. The van der Waals surface area contributed by atoms with Crippen molar-refractivity contribution in [1.82, 2.24) is 24.6 Å². The molecule has 1 amide bonds. The van der Waals surface area contributed by atoms with Crippen molar-refractivity contribution in [3.63, 3.8) is 0 Å². The average molecular weight is 447 g/mol. The summed E-state index contributed by atoms with van der Waals surface area (Å²) < 4.78 is 39.7. The van der Waals surface area contributed by atoms with Crippen molar-refractivity contribution in [3.05, 3.63) is 42.6 Å². The average Bonchev–Trinajstić information content (AvgIpc) is 3.23. The van der Waals surface area contributed by atoms with Crippen molar-refractivity contribution >= 4 is 38.5 Å². The molecule has 3 aromatic rings. The molecule has 1 saturated heterocycles. The van der Waals surface area contributed by atoms with Crippen LogP contribution >= 0.6 is 0 Å². The van der Waals surface area contributed by atoms with Gasteiger partial charge in [-0.2, -0.15) is 0 Å². The number of halogens is 1. The van der Waals surface area contributed by atoms with Crippen LogP contribution < -0.4 is 14.9 Å². The second-order valence-corrected chi connectivity index (χ2v) is 8.96. The summed E-state index contributed by atoms with van der Waals surface area (Å²) in [5.41, 5.74) is 0.986. The molecule has 164 valence electrons. The van der Waals surface area contributed by atoms with Crippen LogP contribution in [0.25, 0.3) is 11.0 Å². The number of nitrogens with one attached hydrogen (secondary N) is 3. The first-order chi connectivity index (χ1) is 14.9. The number of carbonyl (C=O) groups is 1. The number of amides is 1. The number of nitrogens with zero attached hydrogens (tertiary/aromatic N) is 4. The predicted octanol–water partition coefficient (Wildman–Crippen LogP) is 0.766. The Balaban J connectivity index is 1.33. The first-order valence-corrected chi connectivity index (χ1v) is 11.1. The molecule has 4 rings (SSSR count). The number of benzene rings is 1. The third kappa shape index (κ3) is 4.50. The second kappa shape index (κ2) is 8.57. The number of aromatic nitrogens is 3. The van der Waals surface area contributed by atoms with Gasteiger partial charge in [0.25, 0.3) is 0 Å². The molecule has 1 aliphatic heterocycles. The van der Waals surface area contributed by atoms with Gasteiger partial charge in [-0.3, -0.25) is 9.69 Å². The van der Waals surface area contributed by atoms with E-state index in [9.17, 15) is 17.6 Å². The van der Waals surface area contributed by atoms with Gasteiger partial charge in [0.2, 0.25) is 15.9 Å². The largest absolute Gasteiger partial charge is 0.353 e. The second-order valence-electron chi connectivity index (χ2n) is 7.10. The van der Waals surface area contributed by atoms with Crippen LogP contribution in [0.3, 0.4) is 0 Å². The lowest BCUT2D eigenvalue weighted by molar-refractivity contribution is -0.117. The minimum absolute atomic E-state index is 0.148. The summed E-state index contributed by atoms with van der Waals surface area (Å²) in [5, 5.41) is 3.57. The number of hydrogen-bond donors (Lipinski definition) is 3. The van der Waals surface area contributed by atoms with Crippen molar-refractivity contribution in [1.29, 1.82) is 0 Å². The Hall–Kier alpha value is -3.09. The minimum atomic E-state index is -3.90. The third-order valence-corrected chi connectivity index (χ3v) is 6.59. The van der Waals surface area contributed by atoms with Gasteiger partial charge in [-0.05, 0) is 31.3 Å². The normalized spacial score (nSPS) is 15.4. The Morgan fingerprint density at radius 3 is 2.68 bits per heavy atom. The highest BCUT2D eigenvalue weighted by Crippen LogP contribution is 2.23. The van der Waals surface area contributed by atoms with Gasteiger partial charge in [0.15, 0.2) is 0 Å². The molecule has 1 fully saturated rings. The fraction of sp³-hybridized carbons (Fsp3) is 0.316. The van der Waals surface area contributed by atoms with Crippen LogP contribution in [0.5, 0.6) is 0 Å². The molecule has 0 saturated carbocycles. The highest BCUT2D eigenvalue weighted by molar-refractivity contribution is 7.89. The lowest BCUT2D eigenvalue weighted by Gasteiger charge is -2.35. The maximum atomic E-state index is 14.1. The van der Waals surface area contributed by atoms with E-state index in [2.05, 4.69) is 29.9 Å². The van der Waals surface area contributed by atoms with Gasteiger partial charge in [-0.25, -0.2) is 27.5 Å². The highest BCUT2D eigenvalue weighted by atomic mass is 32.2. The lowest BCUT2D eigenvalue weighted by Crippen LogP contribution is -2.49. The maximum absolute atomic E-state index is 14.1. The van der Waals surface area contributed by atoms with E-state index in [1.165, 1.54) is 19.4 Å². The van der Waals surface area contributed by atoms with E-state index in [0.29, 0.717) is 26.2 Å². The molecule has 0 bridgehead atoms. The molecule has 0 spiro atoms. The molecular weight excluding hydrogens is 425 g/mol. The fourth-order valence-electron chi connectivity index (χ4n) is 3.54. The summed E-state index contributed by atoms with van der Waals surface area (Å²) in [4.78, 5) is 27.7. The quantitative estimate of drug-likeness (QED) is 0.510. The van der Waals surface area contributed by atoms with Gasteiger partial charge in [-0.15, -0.1) is 0 Å². The van der Waals surface area contributed by atoms with Gasteiger partial charge in [0.1, 0.15) is 28.5 Å². The number of aromatic amines is 1. The zero-order valence-corrected chi connectivity index (χ0v) is 17.6. The van der Waals surface area contributed by atoms with E-state index in [-0.39, 0.29) is 18.1 Å². The topological polar surface area (TPSA) is 123 Å². The SMILES string of the molecule is CNS(=O)(=O)c1ccc(NC(=O)CN2CCN(c3ncnc4[nH]ccc34)CC2)cc1F. The molecule has 10 nitrogen and oxygen atoms in total. The van der Waals surface area contributed by atoms with Gasteiger partial charge in [0.05, 0.1) is 11.9 Å². The molecule has 31 heavy (non-hydrogen) atoms. The van der Waals surface area contributed by atoms with Crippen LogP contribution in [-0.4, -0.2) is 73.9 Å². The van der Waals surface area contributed by atoms with E-state index < -0.39 is 20.7 Å². The van der Waals surface area contributed by atoms with E-state index in [4.69, 9.17) is 0 Å². The fourth-order valence-corrected chi connectivity index (χ4v) is 4.32. The van der Waals surface area contributed by atoms with Crippen LogP contribution in [0.2, 0.25) is 0 Å². The molecule has 2 aromatic heterocycles. The Morgan fingerprint density at radius 1 is 1.19 bits per heavy atom. The summed E-state index contributed by atoms with van der Waals surface area (Å²) in [7, 11) is -2.69. The van der Waals surface area contributed by atoms with Crippen molar-refractivity contribution in [2.45, 2.75) is 4.90 Å². The Kier molecular flexibility index (Phi) is 5.85. The molecule has 0 unspecified atom stereocenters. The molecule has 0 aliphatic carbocycles. The van der Waals surface area contributed by atoms with Crippen LogP contribution in [0.4, 0.5) is 15.9 Å². The summed E-state index contributed by atoms with van der Waals surface area (Å²) in [5.74, 6) is -0.365. The summed E-state index contributed by atoms with van der Waals surface area (Å²) >= 11 is 0. The molecule has 3 N–H and O–H groups in total. The number of fused-ring (bicyclic) bond motifs is 1. The predicted molar refractivity (Wildman–Crippen MR) is 114 cm³/mol. The first kappa shape index (κ1) is 21.2. The minimum Gasteiger partial charge on any atom is -0.353 e. The Morgan fingerprint density at radius 2 is 1.97 bits per heavy atom. The molecule has 0 radical (unpaired) electrons. The molecule has 1 aromatic carbocycles. The monoisotopic (exact) mass is 447 g/mol. The molecule has 0 atom stereocenters. The van der Waals surface area contributed by atoms with Crippen LogP contribution in [-0.2, 0) is 14.8 Å². The molecule has 1 aliphatic rings. The Bertz CT molecular complexity index is 1210. The van der Waals surface area contributed by atoms with Gasteiger partial charge >= 0.3 is 0 Å². The van der Waals surface area contributed by atoms with Gasteiger partial charge < -0.3 is 15.2 Å². The molecular formula is C19H22FN7O3S. The zero-order chi connectivity index (χ0) is 22.0. The number of piperazine rings is 1. The lowest BCUT2D eigenvalue weighted by atomic mass is 10.2. The van der Waals surface area contributed by atoms with E-state index in [0.717, 1.165) is 29.0 Å². The van der Waals surface area contributed by atoms with Crippen molar-refractivity contribution in [2.24, 2.45) is 0 Å². The van der Waals surface area contributed by atoms with Crippen molar-refractivity contribution in [3.8, 4) is 0 Å². The summed E-state index contributed by atoms with van der Waals surface area (Å²) in [6.45, 7) is 2.88. The standard InChI is InChI=1S/C19H22FN7O3S/c1-21-31(29,30)16-3-2-13(10-15(16)20)25-17(28)11-26-6-8-27(9-7-26)19-14-4-5-22-18(14)23-12-24-19/h2-5,10,12,21H,6-9,11H2,1H3,(H,25,28)(H,22,23,24). The van der Waals surface area contributed by atoms with E-state index >= 15 is 0 Å². The summed E-state index contributed by atoms with van der Waals surface area (Å²) in [6, 6.07) is 5.42. The van der Waals surface area contributed by atoms with E-state index in [1.807, 2.05) is 17.2 Å². The zero-order valence-electron chi connectivity index (χ0n) is 16.8. The van der Waals surface area contributed by atoms with Crippen LogP contribution in [0.1, 0.15) is 0 Å². The number of anilines is 2. The van der Waals surface area contributed by atoms with Crippen LogP contribution in [0, 0.1) is 5.82 Å². The van der Waals surface area contributed by atoms with Gasteiger partial charge in [-0.1, -0.05) is 0 Å². The van der Waals surface area contributed by atoms with Crippen molar-refractivity contribution < 1.29 is 17.6 Å². The number of carbonyl (C=O) groups excluding carboxylic acids is 1. The molecule has 3 heterocycles. The number of sulfonamides is 1. The molecule has 12 heteroatoms. The van der Waals surface area contributed by atoms with E-state index in [1.54, 1.807) is 0 Å². The highest BCUT2D eigenvalue weighted by Gasteiger charge is 2.22.